The van der Waals surface area contributed by atoms with Gasteiger partial charge in [-0.1, -0.05) is 17.7 Å². The maximum absolute atomic E-state index is 5.86. The Morgan fingerprint density at radius 1 is 1.06 bits per heavy atom. The first-order valence-electron chi connectivity index (χ1n) is 4.64. The maximum Gasteiger partial charge on any atom is 0.151 e. The van der Waals surface area contributed by atoms with Crippen LogP contribution < -0.4 is 10.5 Å². The number of rotatable bonds is 2. The smallest absolute Gasteiger partial charge is 0.151 e. The van der Waals surface area contributed by atoms with Crippen LogP contribution in [-0.2, 0) is 0 Å². The summed E-state index contributed by atoms with van der Waals surface area (Å²) in [5, 5.41) is 0.676. The zero-order valence-electron chi connectivity index (χ0n) is 8.28. The first-order valence-corrected chi connectivity index (χ1v) is 5.81. The maximum atomic E-state index is 5.86. The van der Waals surface area contributed by atoms with E-state index >= 15 is 0 Å². The van der Waals surface area contributed by atoms with Crippen LogP contribution in [0, 0.1) is 0 Å². The Kier molecular flexibility index (Phi) is 3.36. The van der Waals surface area contributed by atoms with Crippen LogP contribution in [0.4, 0.5) is 5.69 Å². The summed E-state index contributed by atoms with van der Waals surface area (Å²) < 4.78 is 6.45. The Morgan fingerprint density at radius 2 is 1.75 bits per heavy atom. The molecule has 2 N–H and O–H groups in total. The number of hydrogen-bond donors (Lipinski definition) is 1. The van der Waals surface area contributed by atoms with Gasteiger partial charge in [0.05, 0.1) is 5.69 Å². The number of halogens is 2. The predicted octanol–water partition coefficient (Wildman–Crippen LogP) is 4.48. The van der Waals surface area contributed by atoms with Gasteiger partial charge in [-0.3, -0.25) is 0 Å². The molecular weight excluding hydrogens is 289 g/mol. The standard InChI is InChI=1S/C12H9BrClNO/c13-10-2-1-3-11(12(10)15)16-9-6-4-8(14)5-7-9/h1-7H,15H2. The van der Waals surface area contributed by atoms with E-state index in [0.717, 1.165) is 4.47 Å². The van der Waals surface area contributed by atoms with Crippen molar-refractivity contribution in [1.82, 2.24) is 0 Å². The highest BCUT2D eigenvalue weighted by atomic mass is 79.9. The Labute approximate surface area is 107 Å². The van der Waals surface area contributed by atoms with Gasteiger partial charge in [-0.05, 0) is 52.3 Å². The van der Waals surface area contributed by atoms with Crippen LogP contribution in [0.15, 0.2) is 46.9 Å². The lowest BCUT2D eigenvalue weighted by Crippen LogP contribution is -1.92. The fourth-order valence-electron chi connectivity index (χ4n) is 1.24. The molecular formula is C12H9BrClNO. The van der Waals surface area contributed by atoms with Gasteiger partial charge >= 0.3 is 0 Å². The Balaban J connectivity index is 2.27. The van der Waals surface area contributed by atoms with Gasteiger partial charge in [0.2, 0.25) is 0 Å². The molecule has 0 bridgehead atoms. The molecule has 2 rings (SSSR count). The number of nitrogen functional groups attached to an aromatic ring is 1. The lowest BCUT2D eigenvalue weighted by atomic mass is 10.3. The number of para-hydroxylation sites is 1. The third kappa shape index (κ3) is 2.49. The summed E-state index contributed by atoms with van der Waals surface area (Å²) in [5.41, 5.74) is 6.44. The number of anilines is 1. The fraction of sp³-hybridized carbons (Fsp3) is 0. The van der Waals surface area contributed by atoms with E-state index in [1.54, 1.807) is 24.3 Å². The highest BCUT2D eigenvalue weighted by Crippen LogP contribution is 2.32. The molecule has 0 unspecified atom stereocenters. The summed E-state index contributed by atoms with van der Waals surface area (Å²) >= 11 is 9.13. The molecule has 0 saturated heterocycles. The second-order valence-electron chi connectivity index (χ2n) is 3.21. The summed E-state index contributed by atoms with van der Waals surface area (Å²) in [5.74, 6) is 1.32. The fourth-order valence-corrected chi connectivity index (χ4v) is 1.71. The van der Waals surface area contributed by atoms with E-state index in [1.165, 1.54) is 0 Å². The average molecular weight is 299 g/mol. The van der Waals surface area contributed by atoms with Crippen LogP contribution in [-0.4, -0.2) is 0 Å². The molecule has 82 valence electrons. The minimum Gasteiger partial charge on any atom is -0.455 e. The van der Waals surface area contributed by atoms with Gasteiger partial charge in [-0.2, -0.15) is 0 Å². The zero-order chi connectivity index (χ0) is 11.5. The quantitative estimate of drug-likeness (QED) is 0.830. The zero-order valence-corrected chi connectivity index (χ0v) is 10.6. The minimum atomic E-state index is 0.581. The van der Waals surface area contributed by atoms with Crippen molar-refractivity contribution in [1.29, 1.82) is 0 Å². The molecule has 0 atom stereocenters. The molecule has 2 nitrogen and oxygen atoms in total. The average Bonchev–Trinajstić information content (AvgIpc) is 2.28. The molecule has 16 heavy (non-hydrogen) atoms. The number of nitrogens with two attached hydrogens (primary N) is 1. The molecule has 0 aliphatic rings. The van der Waals surface area contributed by atoms with Gasteiger partial charge in [-0.15, -0.1) is 0 Å². The largest absolute Gasteiger partial charge is 0.455 e. The van der Waals surface area contributed by atoms with Crippen LogP contribution in [0.3, 0.4) is 0 Å². The molecule has 0 amide bonds. The van der Waals surface area contributed by atoms with Crippen molar-refractivity contribution in [3.8, 4) is 11.5 Å². The van der Waals surface area contributed by atoms with Crippen molar-refractivity contribution in [2.24, 2.45) is 0 Å². The normalized spacial score (nSPS) is 10.1. The summed E-state index contributed by atoms with van der Waals surface area (Å²) in [6.07, 6.45) is 0. The van der Waals surface area contributed by atoms with Crippen molar-refractivity contribution in [3.63, 3.8) is 0 Å². The molecule has 0 saturated carbocycles. The molecule has 0 aliphatic heterocycles. The molecule has 2 aromatic rings. The number of ether oxygens (including phenoxy) is 1. The Morgan fingerprint density at radius 3 is 2.44 bits per heavy atom. The van der Waals surface area contributed by atoms with Crippen molar-refractivity contribution in [3.05, 3.63) is 52.0 Å². The molecule has 2 aromatic carbocycles. The van der Waals surface area contributed by atoms with Gasteiger partial charge in [0, 0.05) is 9.50 Å². The molecule has 0 spiro atoms. The van der Waals surface area contributed by atoms with E-state index in [4.69, 9.17) is 22.1 Å². The van der Waals surface area contributed by atoms with Crippen molar-refractivity contribution < 1.29 is 4.74 Å². The Hall–Kier alpha value is -1.19. The second kappa shape index (κ2) is 4.76. The summed E-state index contributed by atoms with van der Waals surface area (Å²) in [6.45, 7) is 0. The predicted molar refractivity (Wildman–Crippen MR) is 70.1 cm³/mol. The molecule has 0 heterocycles. The van der Waals surface area contributed by atoms with E-state index in [0.29, 0.717) is 22.2 Å². The third-order valence-corrected chi connectivity index (χ3v) is 3.00. The van der Waals surface area contributed by atoms with Crippen molar-refractivity contribution in [2.75, 3.05) is 5.73 Å². The summed E-state index contributed by atoms with van der Waals surface area (Å²) in [6, 6.07) is 12.7. The third-order valence-electron chi connectivity index (χ3n) is 2.05. The van der Waals surface area contributed by atoms with E-state index in [1.807, 2.05) is 18.2 Å². The Bertz CT molecular complexity index is 499. The SMILES string of the molecule is Nc1c(Br)cccc1Oc1ccc(Cl)cc1. The van der Waals surface area contributed by atoms with Crippen molar-refractivity contribution >= 4 is 33.2 Å². The van der Waals surface area contributed by atoms with Crippen molar-refractivity contribution in [2.45, 2.75) is 0 Å². The first-order chi connectivity index (χ1) is 7.66. The van der Waals surface area contributed by atoms with Gasteiger partial charge in [0.1, 0.15) is 5.75 Å². The highest BCUT2D eigenvalue weighted by Gasteiger charge is 2.04. The minimum absolute atomic E-state index is 0.581. The first kappa shape index (κ1) is 11.3. The number of hydrogen-bond acceptors (Lipinski definition) is 2. The van der Waals surface area contributed by atoms with Crippen LogP contribution in [0.5, 0.6) is 11.5 Å². The lowest BCUT2D eigenvalue weighted by molar-refractivity contribution is 0.485. The van der Waals surface area contributed by atoms with Gasteiger partial charge < -0.3 is 10.5 Å². The lowest BCUT2D eigenvalue weighted by Gasteiger charge is -2.09. The molecule has 0 aliphatic carbocycles. The van der Waals surface area contributed by atoms with Crippen LogP contribution in [0.1, 0.15) is 0 Å². The van der Waals surface area contributed by atoms with E-state index in [-0.39, 0.29) is 0 Å². The highest BCUT2D eigenvalue weighted by molar-refractivity contribution is 9.10. The van der Waals surface area contributed by atoms with E-state index < -0.39 is 0 Å². The molecule has 4 heteroatoms. The van der Waals surface area contributed by atoms with Crippen LogP contribution in [0.2, 0.25) is 5.02 Å². The van der Waals surface area contributed by atoms with E-state index in [9.17, 15) is 0 Å². The van der Waals surface area contributed by atoms with Gasteiger partial charge in [0.25, 0.3) is 0 Å². The van der Waals surface area contributed by atoms with E-state index in [2.05, 4.69) is 15.9 Å². The van der Waals surface area contributed by atoms with Crippen LogP contribution in [0.25, 0.3) is 0 Å². The molecule has 0 aromatic heterocycles. The molecule has 0 radical (unpaired) electrons. The summed E-state index contributed by atoms with van der Waals surface area (Å²) in [7, 11) is 0. The monoisotopic (exact) mass is 297 g/mol. The number of benzene rings is 2. The second-order valence-corrected chi connectivity index (χ2v) is 4.50. The van der Waals surface area contributed by atoms with Gasteiger partial charge in [-0.25, -0.2) is 0 Å². The summed E-state index contributed by atoms with van der Waals surface area (Å²) in [4.78, 5) is 0. The van der Waals surface area contributed by atoms with Gasteiger partial charge in [0.15, 0.2) is 5.75 Å². The molecule has 0 fully saturated rings. The van der Waals surface area contributed by atoms with Crippen LogP contribution >= 0.6 is 27.5 Å². The topological polar surface area (TPSA) is 35.2 Å².